The molecule has 7 heteroatoms. The first-order valence-electron chi connectivity index (χ1n) is 7.17. The highest BCUT2D eigenvalue weighted by molar-refractivity contribution is 7.80. The van der Waals surface area contributed by atoms with E-state index in [9.17, 15) is 4.79 Å². The van der Waals surface area contributed by atoms with E-state index in [0.717, 1.165) is 5.56 Å². The van der Waals surface area contributed by atoms with Crippen molar-refractivity contribution in [2.75, 3.05) is 12.4 Å². The summed E-state index contributed by atoms with van der Waals surface area (Å²) in [5.41, 5.74) is 1.59. The highest BCUT2D eigenvalue weighted by atomic mass is 35.5. The number of carbonyl (C=O) groups excluding carboxylic acids is 1. The van der Waals surface area contributed by atoms with E-state index in [2.05, 4.69) is 10.6 Å². The molecule has 4 nitrogen and oxygen atoms in total. The molecule has 0 spiro atoms. The Morgan fingerprint density at radius 3 is 2.58 bits per heavy atom. The lowest BCUT2D eigenvalue weighted by Crippen LogP contribution is -2.34. The van der Waals surface area contributed by atoms with Crippen molar-refractivity contribution in [1.82, 2.24) is 5.32 Å². The summed E-state index contributed by atoms with van der Waals surface area (Å²) in [5, 5.41) is 6.85. The second-order valence-corrected chi connectivity index (χ2v) is 6.17. The van der Waals surface area contributed by atoms with Gasteiger partial charge in [0.05, 0.1) is 12.1 Å². The van der Waals surface area contributed by atoms with Gasteiger partial charge in [-0.3, -0.25) is 4.79 Å². The maximum Gasteiger partial charge on any atom is 0.226 e. The summed E-state index contributed by atoms with van der Waals surface area (Å²) in [6.45, 7) is 0. The van der Waals surface area contributed by atoms with E-state index in [1.807, 2.05) is 18.2 Å². The first-order chi connectivity index (χ1) is 11.5. The molecule has 2 aromatic carbocycles. The normalized spacial score (nSPS) is 10.1. The van der Waals surface area contributed by atoms with Gasteiger partial charge in [0, 0.05) is 17.1 Å². The highest BCUT2D eigenvalue weighted by Crippen LogP contribution is 2.27. The molecule has 2 N–H and O–H groups in total. The van der Waals surface area contributed by atoms with Crippen LogP contribution >= 0.6 is 35.4 Å². The molecule has 0 heterocycles. The average Bonchev–Trinajstić information content (AvgIpc) is 2.54. The van der Waals surface area contributed by atoms with Crippen LogP contribution in [0, 0.1) is 0 Å². The van der Waals surface area contributed by atoms with Gasteiger partial charge < -0.3 is 15.4 Å². The maximum absolute atomic E-state index is 12.0. The number of nitrogens with one attached hydrogen (secondary N) is 2. The van der Waals surface area contributed by atoms with E-state index in [0.29, 0.717) is 27.9 Å². The molecule has 126 valence electrons. The Labute approximate surface area is 156 Å². The maximum atomic E-state index is 12.0. The zero-order valence-corrected chi connectivity index (χ0v) is 15.3. The monoisotopic (exact) mass is 382 g/mol. The molecular weight excluding hydrogens is 367 g/mol. The van der Waals surface area contributed by atoms with Gasteiger partial charge in [-0.1, -0.05) is 41.4 Å². The van der Waals surface area contributed by atoms with Gasteiger partial charge in [0.15, 0.2) is 5.11 Å². The molecule has 24 heavy (non-hydrogen) atoms. The molecule has 0 atom stereocenters. The van der Waals surface area contributed by atoms with Gasteiger partial charge in [0.1, 0.15) is 5.75 Å². The molecule has 0 bridgehead atoms. The largest absolute Gasteiger partial charge is 0.495 e. The molecule has 0 aromatic heterocycles. The summed E-state index contributed by atoms with van der Waals surface area (Å²) in [6.07, 6.45) is 0.831. The summed E-state index contributed by atoms with van der Waals surface area (Å²) >= 11 is 17.2. The Morgan fingerprint density at radius 1 is 1.17 bits per heavy atom. The second kappa shape index (κ2) is 8.87. The van der Waals surface area contributed by atoms with Crippen molar-refractivity contribution in [1.29, 1.82) is 0 Å². The lowest BCUT2D eigenvalue weighted by Gasteiger charge is -2.11. The molecule has 1 amide bonds. The van der Waals surface area contributed by atoms with Crippen molar-refractivity contribution in [3.05, 3.63) is 58.1 Å². The second-order valence-electron chi connectivity index (χ2n) is 4.94. The van der Waals surface area contributed by atoms with Crippen molar-refractivity contribution in [2.24, 2.45) is 0 Å². The van der Waals surface area contributed by atoms with Gasteiger partial charge in [0.25, 0.3) is 0 Å². The lowest BCUT2D eigenvalue weighted by atomic mass is 10.1. The predicted octanol–water partition coefficient (Wildman–Crippen LogP) is 4.45. The number of aryl methyl sites for hydroxylation is 1. The Morgan fingerprint density at radius 2 is 1.92 bits per heavy atom. The quantitative estimate of drug-likeness (QED) is 0.750. The zero-order valence-electron chi connectivity index (χ0n) is 12.9. The number of benzene rings is 2. The third-order valence-electron chi connectivity index (χ3n) is 3.24. The fourth-order valence-corrected chi connectivity index (χ4v) is 2.76. The summed E-state index contributed by atoms with van der Waals surface area (Å²) < 4.78 is 5.08. The molecule has 0 saturated heterocycles. The molecule has 0 aliphatic rings. The van der Waals surface area contributed by atoms with Crippen LogP contribution in [0.5, 0.6) is 5.75 Å². The fraction of sp³-hybridized carbons (Fsp3) is 0.176. The topological polar surface area (TPSA) is 50.4 Å². The van der Waals surface area contributed by atoms with Gasteiger partial charge in [-0.2, -0.15) is 0 Å². The van der Waals surface area contributed by atoms with Gasteiger partial charge in [-0.05, 0) is 48.5 Å². The van der Waals surface area contributed by atoms with Crippen molar-refractivity contribution in [3.63, 3.8) is 0 Å². The Kier molecular flexibility index (Phi) is 6.85. The van der Waals surface area contributed by atoms with Gasteiger partial charge in [0.2, 0.25) is 5.91 Å². The van der Waals surface area contributed by atoms with Crippen LogP contribution in [0.3, 0.4) is 0 Å². The number of rotatable bonds is 5. The van der Waals surface area contributed by atoms with E-state index in [4.69, 9.17) is 40.2 Å². The van der Waals surface area contributed by atoms with Crippen LogP contribution in [0.25, 0.3) is 0 Å². The number of hydrogen-bond donors (Lipinski definition) is 2. The third-order valence-corrected chi connectivity index (χ3v) is 4.11. The van der Waals surface area contributed by atoms with E-state index in [1.54, 1.807) is 24.3 Å². The smallest absolute Gasteiger partial charge is 0.226 e. The highest BCUT2D eigenvalue weighted by Gasteiger charge is 2.08. The number of thiocarbonyl (C=S) groups is 1. The minimum Gasteiger partial charge on any atom is -0.495 e. The standard InChI is InChI=1S/C17H16Cl2N2O2S/c1-23-15-8-7-12(10-14(15)19)20-17(24)21-16(22)9-6-11-4-2-3-5-13(11)18/h2-5,7-8,10H,6,9H2,1H3,(H2,20,21,22,24). The SMILES string of the molecule is COc1ccc(NC(=S)NC(=O)CCc2ccccc2Cl)cc1Cl. The number of ether oxygens (including phenoxy) is 1. The van der Waals surface area contributed by atoms with Crippen molar-refractivity contribution in [2.45, 2.75) is 12.8 Å². The molecule has 2 aromatic rings. The Bertz CT molecular complexity index is 753. The molecular formula is C17H16Cl2N2O2S. The average molecular weight is 383 g/mol. The molecule has 0 aliphatic heterocycles. The predicted molar refractivity (Wildman–Crippen MR) is 102 cm³/mol. The van der Waals surface area contributed by atoms with Crippen molar-refractivity contribution in [3.8, 4) is 5.75 Å². The Balaban J connectivity index is 1.84. The number of carbonyl (C=O) groups is 1. The van der Waals surface area contributed by atoms with E-state index >= 15 is 0 Å². The van der Waals surface area contributed by atoms with E-state index in [1.165, 1.54) is 7.11 Å². The van der Waals surface area contributed by atoms with Crippen LogP contribution in [0.2, 0.25) is 10.0 Å². The van der Waals surface area contributed by atoms with Crippen LogP contribution < -0.4 is 15.4 Å². The van der Waals surface area contributed by atoms with Crippen LogP contribution in [-0.2, 0) is 11.2 Å². The van der Waals surface area contributed by atoms with Gasteiger partial charge in [-0.25, -0.2) is 0 Å². The lowest BCUT2D eigenvalue weighted by molar-refractivity contribution is -0.119. The van der Waals surface area contributed by atoms with Gasteiger partial charge in [-0.15, -0.1) is 0 Å². The molecule has 0 radical (unpaired) electrons. The molecule has 0 fully saturated rings. The number of hydrogen-bond acceptors (Lipinski definition) is 3. The minimum absolute atomic E-state index is 0.188. The van der Waals surface area contributed by atoms with Crippen LogP contribution in [0.1, 0.15) is 12.0 Å². The van der Waals surface area contributed by atoms with Crippen LogP contribution in [0.4, 0.5) is 5.69 Å². The molecule has 2 rings (SSSR count). The summed E-state index contributed by atoms with van der Waals surface area (Å²) in [5.74, 6) is 0.379. The fourth-order valence-electron chi connectivity index (χ4n) is 2.04. The number of methoxy groups -OCH3 is 1. The third kappa shape index (κ3) is 5.37. The minimum atomic E-state index is -0.188. The zero-order chi connectivity index (χ0) is 17.5. The Hall–Kier alpha value is -1.82. The first kappa shape index (κ1) is 18.5. The van der Waals surface area contributed by atoms with Crippen molar-refractivity contribution < 1.29 is 9.53 Å². The van der Waals surface area contributed by atoms with Gasteiger partial charge >= 0.3 is 0 Å². The number of amides is 1. The molecule has 0 aliphatic carbocycles. The van der Waals surface area contributed by atoms with E-state index < -0.39 is 0 Å². The van der Waals surface area contributed by atoms with E-state index in [-0.39, 0.29) is 17.4 Å². The first-order valence-corrected chi connectivity index (χ1v) is 8.34. The molecule has 0 saturated carbocycles. The van der Waals surface area contributed by atoms with Crippen molar-refractivity contribution >= 4 is 52.1 Å². The van der Waals surface area contributed by atoms with Crippen LogP contribution in [0.15, 0.2) is 42.5 Å². The number of anilines is 1. The molecule has 0 unspecified atom stereocenters. The summed E-state index contributed by atoms with van der Waals surface area (Å²) in [4.78, 5) is 12.0. The number of halogens is 2. The summed E-state index contributed by atoms with van der Waals surface area (Å²) in [7, 11) is 1.54. The summed E-state index contributed by atoms with van der Waals surface area (Å²) in [6, 6.07) is 12.6. The van der Waals surface area contributed by atoms with Crippen LogP contribution in [-0.4, -0.2) is 18.1 Å².